The van der Waals surface area contributed by atoms with Crippen LogP contribution in [0.15, 0.2) is 42.6 Å². The largest absolute Gasteiger partial charge is 0.465 e. The minimum Gasteiger partial charge on any atom is -0.465 e. The Labute approximate surface area is 144 Å². The van der Waals surface area contributed by atoms with Crippen molar-refractivity contribution in [2.75, 3.05) is 5.32 Å². The number of carbonyl (C=O) groups is 1. The Balaban J connectivity index is 2.21. The summed E-state index contributed by atoms with van der Waals surface area (Å²) in [5.41, 5.74) is 3.18. The highest BCUT2D eigenvalue weighted by Gasteiger charge is 2.20. The van der Waals surface area contributed by atoms with Crippen molar-refractivity contribution in [3.63, 3.8) is 0 Å². The Kier molecular flexibility index (Phi) is 5.96. The van der Waals surface area contributed by atoms with Gasteiger partial charge in [0.25, 0.3) is 5.91 Å². The molecule has 24 heavy (non-hydrogen) atoms. The van der Waals surface area contributed by atoms with E-state index in [1.165, 1.54) is 0 Å². The van der Waals surface area contributed by atoms with Gasteiger partial charge >= 0.3 is 0 Å². The zero-order valence-electron chi connectivity index (χ0n) is 15.0. The topological polar surface area (TPSA) is 51.2 Å². The molecule has 0 spiro atoms. The van der Waals surface area contributed by atoms with Crippen LogP contribution in [-0.4, -0.2) is 17.0 Å². The van der Waals surface area contributed by atoms with Crippen LogP contribution in [0.25, 0.3) is 0 Å². The molecular weight excluding hydrogens is 300 g/mol. The molecule has 0 aliphatic carbocycles. The summed E-state index contributed by atoms with van der Waals surface area (Å²) in [6.07, 6.45) is 1.02. The summed E-state index contributed by atoms with van der Waals surface area (Å²) in [6, 6.07) is 11.6. The van der Waals surface area contributed by atoms with Crippen molar-refractivity contribution in [1.82, 2.24) is 4.98 Å². The molecule has 128 valence electrons. The number of rotatable bonds is 6. The van der Waals surface area contributed by atoms with Crippen molar-refractivity contribution in [1.29, 1.82) is 0 Å². The molecular formula is C20H26N2O2. The fourth-order valence-corrected chi connectivity index (χ4v) is 2.57. The first-order valence-corrected chi connectivity index (χ1v) is 8.41. The van der Waals surface area contributed by atoms with E-state index in [1.54, 1.807) is 19.2 Å². The van der Waals surface area contributed by atoms with Crippen LogP contribution in [0.3, 0.4) is 0 Å². The average Bonchev–Trinajstić information content (AvgIpc) is 2.55. The zero-order valence-corrected chi connectivity index (χ0v) is 15.0. The predicted octanol–water partition coefficient (Wildman–Crippen LogP) is 4.73. The Morgan fingerprint density at radius 2 is 1.58 bits per heavy atom. The van der Waals surface area contributed by atoms with E-state index in [0.29, 0.717) is 17.7 Å². The number of aromatic nitrogens is 1. The van der Waals surface area contributed by atoms with Crippen molar-refractivity contribution in [2.24, 2.45) is 0 Å². The van der Waals surface area contributed by atoms with Gasteiger partial charge < -0.3 is 10.1 Å². The summed E-state index contributed by atoms with van der Waals surface area (Å²) in [7, 11) is 0. The molecule has 1 aromatic carbocycles. The van der Waals surface area contributed by atoms with Crippen molar-refractivity contribution in [3.05, 3.63) is 53.7 Å². The fraction of sp³-hybridized carbons (Fsp3) is 0.400. The molecule has 1 heterocycles. The molecule has 0 fully saturated rings. The van der Waals surface area contributed by atoms with Gasteiger partial charge in [-0.1, -0.05) is 52.0 Å². The molecule has 1 aromatic heterocycles. The third kappa shape index (κ3) is 4.34. The fourth-order valence-electron chi connectivity index (χ4n) is 2.57. The van der Waals surface area contributed by atoms with Gasteiger partial charge in [0.1, 0.15) is 0 Å². The maximum Gasteiger partial charge on any atom is 0.265 e. The standard InChI is InChI=1S/C20H26N2O2/c1-13(2)16-9-8-10-17(14(3)4)19(16)22-20(23)15(5)24-18-11-6-7-12-21-18/h6-15H,1-5H3,(H,22,23). The molecule has 2 rings (SSSR count). The molecule has 0 aliphatic rings. The number of nitrogens with one attached hydrogen (secondary N) is 1. The van der Waals surface area contributed by atoms with E-state index >= 15 is 0 Å². The molecule has 0 bridgehead atoms. The lowest BCUT2D eigenvalue weighted by Crippen LogP contribution is -2.31. The van der Waals surface area contributed by atoms with E-state index in [0.717, 1.165) is 16.8 Å². The van der Waals surface area contributed by atoms with Gasteiger partial charge in [-0.05, 0) is 36.0 Å². The first-order valence-electron chi connectivity index (χ1n) is 8.41. The number of para-hydroxylation sites is 1. The van der Waals surface area contributed by atoms with Gasteiger partial charge in [-0.25, -0.2) is 4.98 Å². The lowest BCUT2D eigenvalue weighted by atomic mass is 9.92. The van der Waals surface area contributed by atoms with E-state index in [2.05, 4.69) is 50.1 Å². The van der Waals surface area contributed by atoms with Crippen LogP contribution in [0.1, 0.15) is 57.6 Å². The maximum atomic E-state index is 12.6. The molecule has 4 heteroatoms. The molecule has 0 saturated heterocycles. The highest BCUT2D eigenvalue weighted by Crippen LogP contribution is 2.32. The molecule has 1 atom stereocenters. The van der Waals surface area contributed by atoms with Gasteiger partial charge in [0.05, 0.1) is 0 Å². The second-order valence-corrected chi connectivity index (χ2v) is 6.54. The first kappa shape index (κ1) is 18.0. The number of benzene rings is 1. The van der Waals surface area contributed by atoms with Crippen LogP contribution in [0.2, 0.25) is 0 Å². The molecule has 4 nitrogen and oxygen atoms in total. The molecule has 1 unspecified atom stereocenters. The van der Waals surface area contributed by atoms with Gasteiger partial charge in [-0.15, -0.1) is 0 Å². The predicted molar refractivity (Wildman–Crippen MR) is 97.6 cm³/mol. The molecule has 1 amide bonds. The van der Waals surface area contributed by atoms with Crippen molar-refractivity contribution in [2.45, 2.75) is 52.6 Å². The summed E-state index contributed by atoms with van der Waals surface area (Å²) in [5, 5.41) is 3.07. The Morgan fingerprint density at radius 3 is 2.08 bits per heavy atom. The normalized spacial score (nSPS) is 12.3. The Morgan fingerprint density at radius 1 is 0.958 bits per heavy atom. The van der Waals surface area contributed by atoms with Crippen LogP contribution < -0.4 is 10.1 Å². The number of pyridine rings is 1. The highest BCUT2D eigenvalue weighted by atomic mass is 16.5. The van der Waals surface area contributed by atoms with E-state index in [1.807, 2.05) is 18.2 Å². The molecule has 0 saturated carbocycles. The van der Waals surface area contributed by atoms with Crippen molar-refractivity contribution in [3.8, 4) is 5.88 Å². The monoisotopic (exact) mass is 326 g/mol. The third-order valence-electron chi connectivity index (χ3n) is 3.93. The quantitative estimate of drug-likeness (QED) is 0.834. The highest BCUT2D eigenvalue weighted by molar-refractivity contribution is 5.95. The minimum absolute atomic E-state index is 0.171. The number of nitrogens with zero attached hydrogens (tertiary/aromatic N) is 1. The lowest BCUT2D eigenvalue weighted by Gasteiger charge is -2.22. The van der Waals surface area contributed by atoms with Gasteiger partial charge in [-0.3, -0.25) is 4.79 Å². The average molecular weight is 326 g/mol. The van der Waals surface area contributed by atoms with E-state index in [4.69, 9.17) is 4.74 Å². The summed E-state index contributed by atoms with van der Waals surface area (Å²) < 4.78 is 5.63. The van der Waals surface area contributed by atoms with E-state index in [-0.39, 0.29) is 5.91 Å². The van der Waals surface area contributed by atoms with E-state index in [9.17, 15) is 4.79 Å². The van der Waals surface area contributed by atoms with E-state index < -0.39 is 6.10 Å². The Hall–Kier alpha value is -2.36. The summed E-state index contributed by atoms with van der Waals surface area (Å²) >= 11 is 0. The summed E-state index contributed by atoms with van der Waals surface area (Å²) in [5.74, 6) is 0.925. The second kappa shape index (κ2) is 7.95. The number of amides is 1. The number of hydrogen-bond acceptors (Lipinski definition) is 3. The van der Waals surface area contributed by atoms with Crippen LogP contribution >= 0.6 is 0 Å². The third-order valence-corrected chi connectivity index (χ3v) is 3.93. The minimum atomic E-state index is -0.625. The van der Waals surface area contributed by atoms with Crippen molar-refractivity contribution >= 4 is 11.6 Å². The maximum absolute atomic E-state index is 12.6. The Bertz CT molecular complexity index is 655. The van der Waals surface area contributed by atoms with Gasteiger partial charge in [0.15, 0.2) is 6.10 Å². The SMILES string of the molecule is CC(Oc1ccccn1)C(=O)Nc1c(C(C)C)cccc1C(C)C. The second-order valence-electron chi connectivity index (χ2n) is 6.54. The first-order chi connectivity index (χ1) is 11.4. The lowest BCUT2D eigenvalue weighted by molar-refractivity contribution is -0.122. The van der Waals surface area contributed by atoms with Crippen LogP contribution in [0, 0.1) is 0 Å². The van der Waals surface area contributed by atoms with Crippen LogP contribution in [0.5, 0.6) is 5.88 Å². The zero-order chi connectivity index (χ0) is 17.7. The molecule has 1 N–H and O–H groups in total. The molecule has 0 aliphatic heterocycles. The molecule has 2 aromatic rings. The number of carbonyl (C=O) groups excluding carboxylic acids is 1. The van der Waals surface area contributed by atoms with Crippen LogP contribution in [0.4, 0.5) is 5.69 Å². The van der Waals surface area contributed by atoms with Gasteiger partial charge in [0.2, 0.25) is 5.88 Å². The van der Waals surface area contributed by atoms with Gasteiger partial charge in [0, 0.05) is 18.0 Å². The number of ether oxygens (including phenoxy) is 1. The smallest absolute Gasteiger partial charge is 0.265 e. The number of hydrogen-bond donors (Lipinski definition) is 1. The summed E-state index contributed by atoms with van der Waals surface area (Å²) in [4.78, 5) is 16.7. The molecule has 0 radical (unpaired) electrons. The summed E-state index contributed by atoms with van der Waals surface area (Å²) in [6.45, 7) is 10.2. The van der Waals surface area contributed by atoms with Gasteiger partial charge in [-0.2, -0.15) is 0 Å². The van der Waals surface area contributed by atoms with Crippen molar-refractivity contribution < 1.29 is 9.53 Å². The van der Waals surface area contributed by atoms with Crippen LogP contribution in [-0.2, 0) is 4.79 Å². The number of anilines is 1.